The van der Waals surface area contributed by atoms with E-state index in [0.717, 1.165) is 29.9 Å². The van der Waals surface area contributed by atoms with Crippen LogP contribution < -0.4 is 4.90 Å². The summed E-state index contributed by atoms with van der Waals surface area (Å²) in [5.74, 6) is 0.806. The van der Waals surface area contributed by atoms with Crippen LogP contribution in [-0.2, 0) is 11.8 Å². The summed E-state index contributed by atoms with van der Waals surface area (Å²) in [6.07, 6.45) is 1.65. The van der Waals surface area contributed by atoms with E-state index in [9.17, 15) is 9.90 Å². The second-order valence-electron chi connectivity index (χ2n) is 6.67. The van der Waals surface area contributed by atoms with Crippen molar-refractivity contribution in [3.63, 3.8) is 0 Å². The van der Waals surface area contributed by atoms with E-state index in [2.05, 4.69) is 9.47 Å². The van der Waals surface area contributed by atoms with Crippen LogP contribution in [0.1, 0.15) is 19.3 Å². The number of aliphatic hydroxyl groups is 1. The molecule has 23 heavy (non-hydrogen) atoms. The number of carbonyl (C=O) groups excluding carboxylic acids is 1. The average Bonchev–Trinajstić information content (AvgIpc) is 2.84. The lowest BCUT2D eigenvalue weighted by Gasteiger charge is -2.39. The average molecular weight is 316 g/mol. The molecular formula is C17H24N4O2. The molecule has 1 aliphatic rings. The standard InChI is InChI=1S/C17H24N4O2/c1-19(2)15(22)11-17(23)9-6-10-21(12-17)16-18-13-7-4-5-8-14(13)20(16)3/h4-5,7-8,23H,6,9-12H2,1-3H3. The molecule has 1 amide bonds. The molecule has 2 heterocycles. The zero-order valence-electron chi connectivity index (χ0n) is 14.0. The van der Waals surface area contributed by atoms with E-state index in [1.54, 1.807) is 14.1 Å². The normalized spacial score (nSPS) is 21.7. The van der Waals surface area contributed by atoms with Crippen molar-refractivity contribution in [2.45, 2.75) is 24.9 Å². The molecule has 3 rings (SSSR count). The van der Waals surface area contributed by atoms with Crippen molar-refractivity contribution in [2.24, 2.45) is 7.05 Å². The van der Waals surface area contributed by atoms with Gasteiger partial charge in [0.1, 0.15) is 0 Å². The number of piperidine rings is 1. The topological polar surface area (TPSA) is 61.6 Å². The van der Waals surface area contributed by atoms with Crippen LogP contribution in [0.4, 0.5) is 5.95 Å². The van der Waals surface area contributed by atoms with Crippen molar-refractivity contribution < 1.29 is 9.90 Å². The molecule has 0 radical (unpaired) electrons. The monoisotopic (exact) mass is 316 g/mol. The first-order chi connectivity index (χ1) is 10.9. The molecule has 1 unspecified atom stereocenters. The van der Waals surface area contributed by atoms with Gasteiger partial charge in [-0.25, -0.2) is 4.98 Å². The number of carbonyl (C=O) groups is 1. The Kier molecular flexibility index (Phi) is 4.02. The van der Waals surface area contributed by atoms with Crippen LogP contribution in [-0.4, -0.2) is 58.3 Å². The fourth-order valence-electron chi connectivity index (χ4n) is 3.28. The Balaban J connectivity index is 1.85. The van der Waals surface area contributed by atoms with E-state index in [1.165, 1.54) is 4.90 Å². The van der Waals surface area contributed by atoms with E-state index in [4.69, 9.17) is 4.98 Å². The fraction of sp³-hybridized carbons (Fsp3) is 0.529. The number of para-hydroxylation sites is 2. The van der Waals surface area contributed by atoms with Crippen molar-refractivity contribution in [1.82, 2.24) is 14.5 Å². The van der Waals surface area contributed by atoms with E-state index < -0.39 is 5.60 Å². The van der Waals surface area contributed by atoms with E-state index in [0.29, 0.717) is 13.0 Å². The number of aromatic nitrogens is 2. The molecule has 2 aromatic rings. The predicted molar refractivity (Wildman–Crippen MR) is 90.4 cm³/mol. The van der Waals surface area contributed by atoms with Crippen LogP contribution in [0.5, 0.6) is 0 Å². The molecule has 0 spiro atoms. The lowest BCUT2D eigenvalue weighted by Crippen LogP contribution is -2.51. The second-order valence-corrected chi connectivity index (χ2v) is 6.67. The van der Waals surface area contributed by atoms with Gasteiger partial charge >= 0.3 is 0 Å². The van der Waals surface area contributed by atoms with Gasteiger partial charge in [-0.2, -0.15) is 0 Å². The molecule has 124 valence electrons. The Morgan fingerprint density at radius 2 is 2.13 bits per heavy atom. The van der Waals surface area contributed by atoms with Gasteiger partial charge in [-0.05, 0) is 25.0 Å². The van der Waals surface area contributed by atoms with Crippen LogP contribution >= 0.6 is 0 Å². The molecule has 6 nitrogen and oxygen atoms in total. The number of nitrogens with zero attached hydrogens (tertiary/aromatic N) is 4. The highest BCUT2D eigenvalue weighted by atomic mass is 16.3. The summed E-state index contributed by atoms with van der Waals surface area (Å²) >= 11 is 0. The van der Waals surface area contributed by atoms with Gasteiger partial charge < -0.3 is 19.5 Å². The number of imidazole rings is 1. The number of benzene rings is 1. The third kappa shape index (κ3) is 3.03. The van der Waals surface area contributed by atoms with Gasteiger partial charge in [0.05, 0.1) is 29.6 Å². The summed E-state index contributed by atoms with van der Waals surface area (Å²) in [5.41, 5.74) is 1.03. The fourth-order valence-corrected chi connectivity index (χ4v) is 3.28. The maximum atomic E-state index is 12.0. The highest BCUT2D eigenvalue weighted by molar-refractivity contribution is 5.79. The van der Waals surface area contributed by atoms with Crippen molar-refractivity contribution >= 4 is 22.9 Å². The molecule has 1 saturated heterocycles. The number of aryl methyl sites for hydroxylation is 1. The van der Waals surface area contributed by atoms with Crippen LogP contribution in [0.2, 0.25) is 0 Å². The number of hydrogen-bond donors (Lipinski definition) is 1. The molecule has 0 saturated carbocycles. The second kappa shape index (κ2) is 5.85. The molecule has 1 aliphatic heterocycles. The first-order valence-corrected chi connectivity index (χ1v) is 7.99. The van der Waals surface area contributed by atoms with Gasteiger partial charge in [0, 0.05) is 27.7 Å². The van der Waals surface area contributed by atoms with E-state index >= 15 is 0 Å². The summed E-state index contributed by atoms with van der Waals surface area (Å²) in [7, 11) is 5.43. The van der Waals surface area contributed by atoms with Crippen LogP contribution in [0.15, 0.2) is 24.3 Å². The number of β-amino-alcohol motifs (C(OH)–C–C–N with tert-alkyl or cyclic N) is 1. The molecule has 0 bridgehead atoms. The lowest BCUT2D eigenvalue weighted by atomic mass is 9.89. The molecule has 0 aliphatic carbocycles. The minimum atomic E-state index is -0.988. The molecule has 6 heteroatoms. The summed E-state index contributed by atoms with van der Waals surface area (Å²) in [6, 6.07) is 8.00. The summed E-state index contributed by atoms with van der Waals surface area (Å²) < 4.78 is 2.05. The molecular weight excluding hydrogens is 292 g/mol. The van der Waals surface area contributed by atoms with Crippen LogP contribution in [0.3, 0.4) is 0 Å². The lowest BCUT2D eigenvalue weighted by molar-refractivity contribution is -0.134. The largest absolute Gasteiger partial charge is 0.388 e. The Morgan fingerprint density at radius 1 is 1.39 bits per heavy atom. The number of hydrogen-bond acceptors (Lipinski definition) is 4. The van der Waals surface area contributed by atoms with Gasteiger partial charge in [-0.15, -0.1) is 0 Å². The van der Waals surface area contributed by atoms with Gasteiger partial charge in [0.25, 0.3) is 0 Å². The number of fused-ring (bicyclic) bond motifs is 1. The maximum absolute atomic E-state index is 12.0. The molecule has 1 aromatic heterocycles. The van der Waals surface area contributed by atoms with Gasteiger partial charge in [0.2, 0.25) is 11.9 Å². The predicted octanol–water partition coefficient (Wildman–Crippen LogP) is 1.38. The third-order valence-electron chi connectivity index (χ3n) is 4.58. The number of amides is 1. The van der Waals surface area contributed by atoms with Crippen molar-refractivity contribution in [1.29, 1.82) is 0 Å². The Hall–Kier alpha value is -2.08. The minimum Gasteiger partial charge on any atom is -0.388 e. The first kappa shape index (κ1) is 15.8. The third-order valence-corrected chi connectivity index (χ3v) is 4.58. The van der Waals surface area contributed by atoms with Crippen LogP contribution in [0.25, 0.3) is 11.0 Å². The first-order valence-electron chi connectivity index (χ1n) is 7.99. The zero-order valence-corrected chi connectivity index (χ0v) is 14.0. The Labute approximate surface area is 136 Å². The quantitative estimate of drug-likeness (QED) is 0.929. The SMILES string of the molecule is CN(C)C(=O)CC1(O)CCCN(c2nc3ccccc3n2C)C1. The van der Waals surface area contributed by atoms with Crippen molar-refractivity contribution in [3.8, 4) is 0 Å². The Bertz CT molecular complexity index is 724. The number of rotatable bonds is 3. The van der Waals surface area contributed by atoms with E-state index in [1.807, 2.05) is 31.3 Å². The van der Waals surface area contributed by atoms with Crippen LogP contribution in [0, 0.1) is 0 Å². The van der Waals surface area contributed by atoms with E-state index in [-0.39, 0.29) is 12.3 Å². The number of anilines is 1. The van der Waals surface area contributed by atoms with Gasteiger partial charge in [-0.3, -0.25) is 4.79 Å². The van der Waals surface area contributed by atoms with Gasteiger partial charge in [0.15, 0.2) is 0 Å². The Morgan fingerprint density at radius 3 is 2.83 bits per heavy atom. The highest BCUT2D eigenvalue weighted by Crippen LogP contribution is 2.30. The zero-order chi connectivity index (χ0) is 16.6. The summed E-state index contributed by atoms with van der Waals surface area (Å²) in [6.45, 7) is 1.28. The smallest absolute Gasteiger partial charge is 0.225 e. The summed E-state index contributed by atoms with van der Waals surface area (Å²) in [5, 5.41) is 10.9. The highest BCUT2D eigenvalue weighted by Gasteiger charge is 2.37. The van der Waals surface area contributed by atoms with Crippen molar-refractivity contribution in [2.75, 3.05) is 32.1 Å². The molecule has 1 N–H and O–H groups in total. The van der Waals surface area contributed by atoms with Crippen molar-refractivity contribution in [3.05, 3.63) is 24.3 Å². The maximum Gasteiger partial charge on any atom is 0.225 e. The molecule has 1 aromatic carbocycles. The molecule has 1 fully saturated rings. The minimum absolute atomic E-state index is 0.0423. The summed E-state index contributed by atoms with van der Waals surface area (Å²) in [4.78, 5) is 20.3. The van der Waals surface area contributed by atoms with Gasteiger partial charge in [-0.1, -0.05) is 12.1 Å². The molecule has 1 atom stereocenters.